The van der Waals surface area contributed by atoms with Gasteiger partial charge in [0, 0.05) is 42.4 Å². The molecule has 2 aromatic carbocycles. The summed E-state index contributed by atoms with van der Waals surface area (Å²) in [6, 6.07) is 13.5. The van der Waals surface area contributed by atoms with Crippen LogP contribution < -0.4 is 10.2 Å². The van der Waals surface area contributed by atoms with Crippen molar-refractivity contribution in [1.82, 2.24) is 4.31 Å². The number of fused-ring (bicyclic) bond motifs is 1. The number of anilines is 2. The van der Waals surface area contributed by atoms with Gasteiger partial charge in [-0.3, -0.25) is 9.10 Å². The van der Waals surface area contributed by atoms with E-state index < -0.39 is 9.39 Å². The number of rotatable bonds is 3. The number of hydrogen-bond acceptors (Lipinski definition) is 4. The van der Waals surface area contributed by atoms with E-state index in [1.807, 2.05) is 24.3 Å². The monoisotopic (exact) mass is 369 g/mol. The lowest BCUT2D eigenvalue weighted by Crippen LogP contribution is -2.44. The van der Waals surface area contributed by atoms with E-state index in [1.165, 1.54) is 0 Å². The highest BCUT2D eigenvalue weighted by Crippen LogP contribution is 2.39. The maximum absolute atomic E-state index is 11.6. The Balaban J connectivity index is 1.49. The first-order valence-corrected chi connectivity index (χ1v) is 10.6. The molecular formula is C20H23N3O2S. The van der Waals surface area contributed by atoms with Crippen molar-refractivity contribution in [3.05, 3.63) is 48.0 Å². The van der Waals surface area contributed by atoms with Gasteiger partial charge in [0.25, 0.3) is 0 Å². The summed E-state index contributed by atoms with van der Waals surface area (Å²) in [7, 11) is -1.59. The zero-order chi connectivity index (χ0) is 18.3. The predicted octanol–water partition coefficient (Wildman–Crippen LogP) is 2.65. The number of amides is 1. The number of nitrogens with one attached hydrogen (secondary N) is 1. The molecule has 2 aliphatic heterocycles. The Labute approximate surface area is 154 Å². The molecule has 0 bridgehead atoms. The summed E-state index contributed by atoms with van der Waals surface area (Å²) in [5, 5.41) is 12.3. The second-order valence-corrected chi connectivity index (χ2v) is 9.49. The number of aromatic hydroxyl groups is 1. The number of phenolic OH excluding ortho intramolecular Hbond substituents is 1. The first-order valence-electron chi connectivity index (χ1n) is 8.65. The van der Waals surface area contributed by atoms with Gasteiger partial charge < -0.3 is 15.3 Å². The zero-order valence-corrected chi connectivity index (χ0v) is 15.5. The third-order valence-electron chi connectivity index (χ3n) is 5.09. The van der Waals surface area contributed by atoms with Gasteiger partial charge in [-0.05, 0) is 48.0 Å². The van der Waals surface area contributed by atoms with E-state index in [0.717, 1.165) is 48.0 Å². The van der Waals surface area contributed by atoms with Crippen molar-refractivity contribution in [2.24, 2.45) is 0 Å². The number of benzene rings is 2. The first kappa shape index (κ1) is 17.0. The molecule has 0 radical (unpaired) electrons. The van der Waals surface area contributed by atoms with Gasteiger partial charge in [0.1, 0.15) is 5.75 Å². The lowest BCUT2D eigenvalue weighted by molar-refractivity contribution is -0.115. The summed E-state index contributed by atoms with van der Waals surface area (Å²) < 4.78 is 2.37. The maximum atomic E-state index is 11.6. The predicted molar refractivity (Wildman–Crippen MR) is 111 cm³/mol. The average Bonchev–Trinajstić information content (AvgIpc) is 3.01. The average molecular weight is 369 g/mol. The van der Waals surface area contributed by atoms with Crippen molar-refractivity contribution in [1.29, 1.82) is 0 Å². The van der Waals surface area contributed by atoms with E-state index in [2.05, 4.69) is 32.3 Å². The molecule has 0 aliphatic carbocycles. The van der Waals surface area contributed by atoms with E-state index in [1.54, 1.807) is 12.1 Å². The Kier molecular flexibility index (Phi) is 4.17. The highest BCUT2D eigenvalue weighted by atomic mass is 32.2. The molecule has 0 saturated carbocycles. The zero-order valence-electron chi connectivity index (χ0n) is 14.6. The third kappa shape index (κ3) is 3.06. The van der Waals surface area contributed by atoms with Crippen LogP contribution in [0.1, 0.15) is 5.56 Å². The quantitative estimate of drug-likeness (QED) is 0.817. The number of piperazine rings is 1. The third-order valence-corrected chi connectivity index (χ3v) is 7.57. The van der Waals surface area contributed by atoms with Gasteiger partial charge in [0.2, 0.25) is 5.91 Å². The Bertz CT molecular complexity index is 944. The topological polar surface area (TPSA) is 55.8 Å². The van der Waals surface area contributed by atoms with Crippen LogP contribution in [0.4, 0.5) is 11.4 Å². The lowest BCUT2D eigenvalue weighted by Gasteiger charge is -2.40. The number of nitrogens with zero attached hydrogens (tertiary/aromatic N) is 2. The maximum Gasteiger partial charge on any atom is 0.228 e. The Morgan fingerprint density at radius 3 is 2.38 bits per heavy atom. The van der Waals surface area contributed by atoms with Crippen molar-refractivity contribution >= 4 is 38.4 Å². The molecular weight excluding hydrogens is 346 g/mol. The Morgan fingerprint density at radius 1 is 1.00 bits per heavy atom. The molecule has 0 atom stereocenters. The van der Waals surface area contributed by atoms with Crippen molar-refractivity contribution in [2.45, 2.75) is 11.3 Å². The summed E-state index contributed by atoms with van der Waals surface area (Å²) in [6.45, 7) is 3.57. The molecule has 136 valence electrons. The van der Waals surface area contributed by atoms with Crippen LogP contribution in [0.3, 0.4) is 0 Å². The molecule has 2 heterocycles. The van der Waals surface area contributed by atoms with Gasteiger partial charge in [-0.2, -0.15) is 0 Å². The van der Waals surface area contributed by atoms with Crippen LogP contribution >= 0.6 is 9.39 Å². The van der Waals surface area contributed by atoms with Crippen molar-refractivity contribution < 1.29 is 9.90 Å². The minimum Gasteiger partial charge on any atom is -0.508 e. The van der Waals surface area contributed by atoms with Gasteiger partial charge in [-0.15, -0.1) is 9.39 Å². The van der Waals surface area contributed by atoms with Gasteiger partial charge in [0.15, 0.2) is 0 Å². The fourth-order valence-electron chi connectivity index (χ4n) is 3.55. The minimum atomic E-state index is -1.59. The highest BCUT2D eigenvalue weighted by molar-refractivity contribution is 8.25. The molecule has 2 aromatic rings. The second kappa shape index (κ2) is 6.37. The molecule has 2 N–H and O–H groups in total. The molecule has 26 heavy (non-hydrogen) atoms. The van der Waals surface area contributed by atoms with Crippen molar-refractivity contribution in [3.8, 4) is 5.75 Å². The van der Waals surface area contributed by atoms with Crippen LogP contribution in [0.15, 0.2) is 47.4 Å². The van der Waals surface area contributed by atoms with E-state index in [4.69, 9.17) is 0 Å². The smallest absolute Gasteiger partial charge is 0.228 e. The highest BCUT2D eigenvalue weighted by Gasteiger charge is 2.23. The molecule has 2 aliphatic rings. The Morgan fingerprint density at radius 2 is 1.69 bits per heavy atom. The molecule has 0 unspecified atom stereocenters. The van der Waals surface area contributed by atoms with Gasteiger partial charge in [0.05, 0.1) is 6.42 Å². The summed E-state index contributed by atoms with van der Waals surface area (Å²) in [5.41, 5.74) is 3.07. The van der Waals surface area contributed by atoms with Crippen LogP contribution in [-0.2, 0) is 11.2 Å². The van der Waals surface area contributed by atoms with Crippen LogP contribution in [0.2, 0.25) is 0 Å². The van der Waals surface area contributed by atoms with Crippen LogP contribution in [0.25, 0.3) is 0 Å². The second-order valence-electron chi connectivity index (χ2n) is 6.82. The molecule has 1 fully saturated rings. The van der Waals surface area contributed by atoms with E-state index in [-0.39, 0.29) is 11.7 Å². The molecule has 1 saturated heterocycles. The molecule has 5 nitrogen and oxygen atoms in total. The number of carbonyl (C=O) groups excluding carboxylic acids is 1. The van der Waals surface area contributed by atoms with Crippen LogP contribution in [-0.4, -0.2) is 53.2 Å². The molecule has 4 rings (SSSR count). The molecule has 0 aromatic heterocycles. The SMILES string of the molecule is C=S(=C)(c1ccc2c(c1)CC(=O)N2)N1CCN(c2ccc(O)cc2)CC1. The largest absolute Gasteiger partial charge is 0.508 e. The fourth-order valence-corrected chi connectivity index (χ4v) is 5.39. The number of hydrogen-bond donors (Lipinski definition) is 2. The van der Waals surface area contributed by atoms with Crippen molar-refractivity contribution in [3.63, 3.8) is 0 Å². The first-order chi connectivity index (χ1) is 12.4. The normalized spacial score (nSPS) is 17.8. The molecule has 6 heteroatoms. The lowest BCUT2D eigenvalue weighted by atomic mass is 10.2. The summed E-state index contributed by atoms with van der Waals surface area (Å²) in [5.74, 6) is 9.26. The fraction of sp³-hybridized carbons (Fsp3) is 0.250. The summed E-state index contributed by atoms with van der Waals surface area (Å²) >= 11 is 0. The molecule has 0 spiro atoms. The minimum absolute atomic E-state index is 0.0494. The van der Waals surface area contributed by atoms with E-state index >= 15 is 0 Å². The van der Waals surface area contributed by atoms with Gasteiger partial charge >= 0.3 is 0 Å². The number of carbonyl (C=O) groups is 1. The molecule has 1 amide bonds. The Hall–Kier alpha value is -2.44. The van der Waals surface area contributed by atoms with Gasteiger partial charge in [-0.25, -0.2) is 0 Å². The van der Waals surface area contributed by atoms with E-state index in [0.29, 0.717) is 6.42 Å². The van der Waals surface area contributed by atoms with E-state index in [9.17, 15) is 9.90 Å². The van der Waals surface area contributed by atoms with Gasteiger partial charge in [-0.1, -0.05) is 11.7 Å². The van der Waals surface area contributed by atoms with Crippen molar-refractivity contribution in [2.75, 3.05) is 36.4 Å². The standard InChI is InChI=1S/C20H23N3O2S/c1-26(2,18-7-8-19-15(13-18)14-20(25)21-19)23-11-9-22(10-12-23)16-3-5-17(24)6-4-16/h3-8,13,24H,1-2,9-12,14H2,(H,21,25). The number of phenols is 1. The van der Waals surface area contributed by atoms with Crippen LogP contribution in [0, 0.1) is 0 Å². The van der Waals surface area contributed by atoms with Crippen LogP contribution in [0.5, 0.6) is 5.75 Å². The summed E-state index contributed by atoms with van der Waals surface area (Å²) in [6.07, 6.45) is 0.438. The summed E-state index contributed by atoms with van der Waals surface area (Å²) in [4.78, 5) is 15.0.